The Labute approximate surface area is 124 Å². The molecule has 0 aliphatic carbocycles. The highest BCUT2D eigenvalue weighted by Gasteiger charge is 2.03. The van der Waals surface area contributed by atoms with Gasteiger partial charge in [0.25, 0.3) is 0 Å². The van der Waals surface area contributed by atoms with Crippen molar-refractivity contribution in [1.82, 2.24) is 0 Å². The van der Waals surface area contributed by atoms with Gasteiger partial charge in [-0.15, -0.1) is 0 Å². The minimum Gasteiger partial charge on any atom is -0.457 e. The van der Waals surface area contributed by atoms with Crippen LogP contribution in [0.4, 0.5) is 4.39 Å². The zero-order valence-electron chi connectivity index (χ0n) is 12.0. The summed E-state index contributed by atoms with van der Waals surface area (Å²) >= 11 is 0. The van der Waals surface area contributed by atoms with Crippen molar-refractivity contribution in [2.24, 2.45) is 5.92 Å². The molecule has 1 N–H and O–H groups in total. The Bertz CT molecular complexity index is 634. The van der Waals surface area contributed by atoms with Gasteiger partial charge in [0.1, 0.15) is 17.3 Å². The van der Waals surface area contributed by atoms with Gasteiger partial charge < -0.3 is 9.84 Å². The predicted octanol–water partition coefficient (Wildman–Crippen LogP) is 3.99. The van der Waals surface area contributed by atoms with E-state index in [1.54, 1.807) is 31.2 Å². The Morgan fingerprint density at radius 3 is 2.00 bits per heavy atom. The van der Waals surface area contributed by atoms with Crippen LogP contribution in [0.15, 0.2) is 48.5 Å². The van der Waals surface area contributed by atoms with E-state index in [9.17, 15) is 9.50 Å². The molecule has 0 spiro atoms. The van der Waals surface area contributed by atoms with E-state index in [1.165, 1.54) is 12.1 Å². The second-order valence-corrected chi connectivity index (χ2v) is 4.88. The minimum absolute atomic E-state index is 0.0693. The van der Waals surface area contributed by atoms with Gasteiger partial charge in [-0.05, 0) is 62.4 Å². The van der Waals surface area contributed by atoms with Gasteiger partial charge in [0.15, 0.2) is 0 Å². The van der Waals surface area contributed by atoms with E-state index in [-0.39, 0.29) is 11.7 Å². The highest BCUT2D eigenvalue weighted by molar-refractivity contribution is 5.40. The molecule has 0 heterocycles. The number of aliphatic hydroxyl groups excluding tert-OH is 1. The van der Waals surface area contributed by atoms with Crippen molar-refractivity contribution in [3.8, 4) is 23.3 Å². The van der Waals surface area contributed by atoms with Crippen LogP contribution in [-0.4, -0.2) is 11.2 Å². The van der Waals surface area contributed by atoms with Gasteiger partial charge in [-0.2, -0.15) is 0 Å². The largest absolute Gasteiger partial charge is 0.457 e. The molecule has 2 rings (SSSR count). The lowest BCUT2D eigenvalue weighted by atomic mass is 10.1. The Morgan fingerprint density at radius 1 is 0.952 bits per heavy atom. The van der Waals surface area contributed by atoms with E-state index in [4.69, 9.17) is 4.74 Å². The Hall–Kier alpha value is -2.31. The summed E-state index contributed by atoms with van der Waals surface area (Å²) in [6, 6.07) is 13.2. The van der Waals surface area contributed by atoms with Crippen LogP contribution in [0.25, 0.3) is 0 Å². The Balaban J connectivity index is 2.03. The fraction of sp³-hybridized carbons (Fsp3) is 0.222. The zero-order chi connectivity index (χ0) is 15.2. The molecule has 21 heavy (non-hydrogen) atoms. The first-order chi connectivity index (χ1) is 10.0. The molecule has 0 fully saturated rings. The first kappa shape index (κ1) is 15.1. The molecule has 0 bridgehead atoms. The lowest BCUT2D eigenvalue weighted by Crippen LogP contribution is -2.10. The maximum absolute atomic E-state index is 12.8. The van der Waals surface area contributed by atoms with Gasteiger partial charge in [-0.25, -0.2) is 4.39 Å². The third-order valence-electron chi connectivity index (χ3n) is 3.07. The van der Waals surface area contributed by atoms with Crippen LogP contribution in [0, 0.1) is 23.6 Å². The Kier molecular flexibility index (Phi) is 4.97. The third kappa shape index (κ3) is 4.62. The predicted molar refractivity (Wildman–Crippen MR) is 80.6 cm³/mol. The quantitative estimate of drug-likeness (QED) is 0.864. The number of rotatable bonds is 3. The van der Waals surface area contributed by atoms with Gasteiger partial charge in [0.2, 0.25) is 0 Å². The van der Waals surface area contributed by atoms with E-state index < -0.39 is 6.10 Å². The molecule has 2 nitrogen and oxygen atoms in total. The average molecular weight is 284 g/mol. The molecule has 108 valence electrons. The van der Waals surface area contributed by atoms with Gasteiger partial charge in [-0.1, -0.05) is 11.8 Å². The number of aliphatic hydroxyl groups is 1. The van der Waals surface area contributed by atoms with E-state index in [0.717, 1.165) is 5.56 Å². The number of benzene rings is 2. The molecule has 0 saturated carbocycles. The summed E-state index contributed by atoms with van der Waals surface area (Å²) in [6.45, 7) is 3.60. The molecule has 2 aromatic carbocycles. The molecule has 0 aliphatic rings. The van der Waals surface area contributed by atoms with Crippen molar-refractivity contribution in [3.63, 3.8) is 0 Å². The summed E-state index contributed by atoms with van der Waals surface area (Å²) in [5.41, 5.74) is 0.856. The monoisotopic (exact) mass is 284 g/mol. The molecule has 2 aromatic rings. The van der Waals surface area contributed by atoms with Crippen LogP contribution < -0.4 is 4.74 Å². The van der Waals surface area contributed by atoms with Crippen LogP contribution in [-0.2, 0) is 0 Å². The van der Waals surface area contributed by atoms with Crippen molar-refractivity contribution < 1.29 is 14.2 Å². The number of halogens is 1. The standard InChI is InChI=1S/C18H17FO2/c1-13(14(2)20)3-4-15-5-9-17(10-6-15)21-18-11-7-16(19)8-12-18/h5-14,20H,1-2H3. The van der Waals surface area contributed by atoms with Crippen molar-refractivity contribution in [3.05, 3.63) is 59.9 Å². The van der Waals surface area contributed by atoms with Gasteiger partial charge in [0.05, 0.1) is 6.10 Å². The fourth-order valence-corrected chi connectivity index (χ4v) is 1.56. The Morgan fingerprint density at radius 2 is 1.48 bits per heavy atom. The molecule has 0 saturated heterocycles. The topological polar surface area (TPSA) is 29.5 Å². The van der Waals surface area contributed by atoms with Crippen LogP contribution >= 0.6 is 0 Å². The van der Waals surface area contributed by atoms with E-state index >= 15 is 0 Å². The average Bonchev–Trinajstić information content (AvgIpc) is 2.48. The molecule has 2 atom stereocenters. The van der Waals surface area contributed by atoms with Crippen LogP contribution in [0.1, 0.15) is 19.4 Å². The molecular weight excluding hydrogens is 267 g/mol. The summed E-state index contributed by atoms with van der Waals surface area (Å²) in [5, 5.41) is 9.38. The van der Waals surface area contributed by atoms with E-state index in [1.807, 2.05) is 19.1 Å². The summed E-state index contributed by atoms with van der Waals surface area (Å²) in [6.07, 6.45) is -0.446. The van der Waals surface area contributed by atoms with E-state index in [2.05, 4.69) is 11.8 Å². The number of ether oxygens (including phenoxy) is 1. The summed E-state index contributed by atoms with van der Waals surface area (Å²) < 4.78 is 18.4. The van der Waals surface area contributed by atoms with Gasteiger partial charge in [0, 0.05) is 11.5 Å². The molecule has 3 heteroatoms. The van der Waals surface area contributed by atoms with Crippen LogP contribution in [0.2, 0.25) is 0 Å². The third-order valence-corrected chi connectivity index (χ3v) is 3.07. The lowest BCUT2D eigenvalue weighted by molar-refractivity contribution is 0.161. The number of hydrogen-bond acceptors (Lipinski definition) is 2. The SMILES string of the molecule is CC(O)C(C)C#Cc1ccc(Oc2ccc(F)cc2)cc1. The van der Waals surface area contributed by atoms with Crippen LogP contribution in [0.3, 0.4) is 0 Å². The zero-order valence-corrected chi connectivity index (χ0v) is 12.0. The maximum atomic E-state index is 12.8. The molecule has 0 aromatic heterocycles. The van der Waals surface area contributed by atoms with Crippen molar-refractivity contribution in [1.29, 1.82) is 0 Å². The first-order valence-electron chi connectivity index (χ1n) is 6.77. The molecule has 0 aliphatic heterocycles. The second kappa shape index (κ2) is 6.92. The highest BCUT2D eigenvalue weighted by atomic mass is 19.1. The molecule has 2 unspecified atom stereocenters. The first-order valence-corrected chi connectivity index (χ1v) is 6.77. The van der Waals surface area contributed by atoms with Crippen molar-refractivity contribution in [2.45, 2.75) is 20.0 Å². The number of hydrogen-bond donors (Lipinski definition) is 1. The van der Waals surface area contributed by atoms with Gasteiger partial charge >= 0.3 is 0 Å². The highest BCUT2D eigenvalue weighted by Crippen LogP contribution is 2.21. The summed E-state index contributed by atoms with van der Waals surface area (Å²) in [4.78, 5) is 0. The molecular formula is C18H17FO2. The van der Waals surface area contributed by atoms with Crippen molar-refractivity contribution in [2.75, 3.05) is 0 Å². The smallest absolute Gasteiger partial charge is 0.127 e. The van der Waals surface area contributed by atoms with Gasteiger partial charge in [-0.3, -0.25) is 0 Å². The summed E-state index contributed by atoms with van der Waals surface area (Å²) in [7, 11) is 0. The minimum atomic E-state index is -0.446. The second-order valence-electron chi connectivity index (χ2n) is 4.88. The van der Waals surface area contributed by atoms with E-state index in [0.29, 0.717) is 11.5 Å². The summed E-state index contributed by atoms with van der Waals surface area (Å²) in [5.74, 6) is 6.88. The molecule has 0 amide bonds. The van der Waals surface area contributed by atoms with Crippen molar-refractivity contribution >= 4 is 0 Å². The maximum Gasteiger partial charge on any atom is 0.127 e. The normalized spacial score (nSPS) is 13.0. The lowest BCUT2D eigenvalue weighted by Gasteiger charge is -2.06. The fourth-order valence-electron chi connectivity index (χ4n) is 1.56. The molecule has 0 radical (unpaired) electrons. The van der Waals surface area contributed by atoms with Crippen LogP contribution in [0.5, 0.6) is 11.5 Å².